The van der Waals surface area contributed by atoms with Gasteiger partial charge in [0, 0.05) is 11.4 Å². The number of hydrogen-bond acceptors (Lipinski definition) is 4. The summed E-state index contributed by atoms with van der Waals surface area (Å²) in [6, 6.07) is 10.1. The highest BCUT2D eigenvalue weighted by Gasteiger charge is 2.48. The Hall–Kier alpha value is -2.54. The van der Waals surface area contributed by atoms with E-state index in [9.17, 15) is 13.2 Å². The number of amides is 1. The van der Waals surface area contributed by atoms with Gasteiger partial charge < -0.3 is 10.1 Å². The van der Waals surface area contributed by atoms with Gasteiger partial charge in [0.1, 0.15) is 5.75 Å². The van der Waals surface area contributed by atoms with Crippen LogP contribution in [-0.2, 0) is 20.2 Å². The van der Waals surface area contributed by atoms with Crippen molar-refractivity contribution in [3.05, 3.63) is 47.5 Å². The number of rotatable bonds is 4. The molecule has 2 N–H and O–H groups in total. The summed E-state index contributed by atoms with van der Waals surface area (Å²) in [5, 5.41) is 2.94. The minimum atomic E-state index is -3.75. The lowest BCUT2D eigenvalue weighted by molar-refractivity contribution is -0.120. The molecule has 1 fully saturated rings. The van der Waals surface area contributed by atoms with Crippen LogP contribution in [0.5, 0.6) is 5.75 Å². The predicted octanol–water partition coefficient (Wildman–Crippen LogP) is 3.57. The Kier molecular flexibility index (Phi) is 4.14. The minimum Gasteiger partial charge on any atom is -0.497 e. The average Bonchev–Trinajstić information content (AvgIpc) is 3.22. The summed E-state index contributed by atoms with van der Waals surface area (Å²) in [4.78, 5) is 12.7. The Bertz CT molecular complexity index is 1020. The Balaban J connectivity index is 1.68. The second kappa shape index (κ2) is 6.27. The molecular formula is C20H22N2O4S. The molecule has 1 amide bonds. The molecule has 0 atom stereocenters. The van der Waals surface area contributed by atoms with Gasteiger partial charge >= 0.3 is 0 Å². The van der Waals surface area contributed by atoms with E-state index in [1.807, 2.05) is 0 Å². The number of sulfonamides is 1. The highest BCUT2D eigenvalue weighted by atomic mass is 32.2. The summed E-state index contributed by atoms with van der Waals surface area (Å²) in [6.45, 7) is 1.73. The molecule has 1 aliphatic carbocycles. The molecule has 7 heteroatoms. The summed E-state index contributed by atoms with van der Waals surface area (Å²) < 4.78 is 33.5. The van der Waals surface area contributed by atoms with E-state index in [0.29, 0.717) is 17.0 Å². The molecule has 2 aliphatic rings. The molecule has 2 aromatic carbocycles. The number of methoxy groups -OCH3 is 1. The van der Waals surface area contributed by atoms with Gasteiger partial charge in [-0.25, -0.2) is 8.42 Å². The fourth-order valence-electron chi connectivity index (χ4n) is 4.21. The average molecular weight is 386 g/mol. The lowest BCUT2D eigenvalue weighted by Crippen LogP contribution is -2.31. The number of carbonyl (C=O) groups is 1. The molecule has 0 saturated heterocycles. The molecular weight excluding hydrogens is 364 g/mol. The normalized spacial score (nSPS) is 17.6. The number of carbonyl (C=O) groups excluding carboxylic acids is 1. The van der Waals surface area contributed by atoms with Crippen molar-refractivity contribution in [3.8, 4) is 5.75 Å². The smallest absolute Gasteiger partial charge is 0.262 e. The van der Waals surface area contributed by atoms with Crippen molar-refractivity contribution >= 4 is 27.3 Å². The maximum Gasteiger partial charge on any atom is 0.262 e. The van der Waals surface area contributed by atoms with Gasteiger partial charge in [0.05, 0.1) is 17.4 Å². The SMILES string of the molecule is COc1ccc(S(=O)(=O)Nc2ccc3c(c2)C2(CCCC2)C(=O)N3)c(C)c1. The summed E-state index contributed by atoms with van der Waals surface area (Å²) >= 11 is 0. The molecule has 0 unspecified atom stereocenters. The van der Waals surface area contributed by atoms with Crippen LogP contribution in [0, 0.1) is 6.92 Å². The maximum atomic E-state index is 12.9. The molecule has 142 valence electrons. The van der Waals surface area contributed by atoms with Crippen molar-refractivity contribution in [1.82, 2.24) is 0 Å². The fraction of sp³-hybridized carbons (Fsp3) is 0.350. The highest BCUT2D eigenvalue weighted by Crippen LogP contribution is 2.49. The number of fused-ring (bicyclic) bond motifs is 2. The standard InChI is InChI=1S/C20H22N2O4S/c1-13-11-15(26-2)6-8-18(13)27(24,25)22-14-5-7-17-16(12-14)20(19(23)21-17)9-3-4-10-20/h5-8,11-12,22H,3-4,9-10H2,1-2H3,(H,21,23). The summed E-state index contributed by atoms with van der Waals surface area (Å²) in [5.41, 5.74) is 2.24. The van der Waals surface area contributed by atoms with Crippen LogP contribution in [-0.4, -0.2) is 21.4 Å². The van der Waals surface area contributed by atoms with Crippen LogP contribution in [0.2, 0.25) is 0 Å². The van der Waals surface area contributed by atoms with Crippen molar-refractivity contribution in [1.29, 1.82) is 0 Å². The monoisotopic (exact) mass is 386 g/mol. The van der Waals surface area contributed by atoms with Crippen molar-refractivity contribution in [2.45, 2.75) is 42.9 Å². The third-order valence-corrected chi connectivity index (χ3v) is 7.14. The first-order chi connectivity index (χ1) is 12.9. The third kappa shape index (κ3) is 2.86. The molecule has 0 bridgehead atoms. The van der Waals surface area contributed by atoms with Crippen LogP contribution in [0.25, 0.3) is 0 Å². The van der Waals surface area contributed by atoms with Crippen LogP contribution in [0.15, 0.2) is 41.3 Å². The Morgan fingerprint density at radius 3 is 2.52 bits per heavy atom. The molecule has 0 radical (unpaired) electrons. The molecule has 0 aromatic heterocycles. The second-order valence-electron chi connectivity index (χ2n) is 7.24. The summed E-state index contributed by atoms with van der Waals surface area (Å²) in [5.74, 6) is 0.637. The Morgan fingerprint density at radius 1 is 1.11 bits per heavy atom. The first-order valence-corrected chi connectivity index (χ1v) is 10.5. The van der Waals surface area contributed by atoms with Crippen LogP contribution in [0.3, 0.4) is 0 Å². The van der Waals surface area contributed by atoms with E-state index in [1.54, 1.807) is 44.4 Å². The topological polar surface area (TPSA) is 84.5 Å². The Morgan fingerprint density at radius 2 is 1.85 bits per heavy atom. The molecule has 27 heavy (non-hydrogen) atoms. The largest absolute Gasteiger partial charge is 0.497 e. The van der Waals surface area contributed by atoms with E-state index in [4.69, 9.17) is 4.74 Å². The highest BCUT2D eigenvalue weighted by molar-refractivity contribution is 7.92. The van der Waals surface area contributed by atoms with E-state index in [2.05, 4.69) is 10.0 Å². The number of nitrogens with one attached hydrogen (secondary N) is 2. The van der Waals surface area contributed by atoms with Crippen LogP contribution >= 0.6 is 0 Å². The molecule has 1 saturated carbocycles. The van der Waals surface area contributed by atoms with Gasteiger partial charge in [-0.1, -0.05) is 12.8 Å². The molecule has 1 heterocycles. The molecule has 1 spiro atoms. The molecule has 1 aliphatic heterocycles. The molecule has 6 nitrogen and oxygen atoms in total. The zero-order chi connectivity index (χ0) is 19.2. The van der Waals surface area contributed by atoms with E-state index < -0.39 is 15.4 Å². The van der Waals surface area contributed by atoms with Crippen molar-refractivity contribution < 1.29 is 17.9 Å². The van der Waals surface area contributed by atoms with E-state index >= 15 is 0 Å². The quantitative estimate of drug-likeness (QED) is 0.841. The zero-order valence-corrected chi connectivity index (χ0v) is 16.2. The first-order valence-electron chi connectivity index (χ1n) is 8.99. The van der Waals surface area contributed by atoms with Crippen LogP contribution < -0.4 is 14.8 Å². The van der Waals surface area contributed by atoms with Crippen molar-refractivity contribution in [2.75, 3.05) is 17.1 Å². The number of benzene rings is 2. The van der Waals surface area contributed by atoms with Gasteiger partial charge in [-0.3, -0.25) is 9.52 Å². The van der Waals surface area contributed by atoms with Gasteiger partial charge in [0.2, 0.25) is 5.91 Å². The van der Waals surface area contributed by atoms with Gasteiger partial charge in [-0.05, 0) is 67.3 Å². The Labute approximate surface area is 159 Å². The van der Waals surface area contributed by atoms with Gasteiger partial charge in [0.15, 0.2) is 0 Å². The number of aryl methyl sites for hydroxylation is 1. The van der Waals surface area contributed by atoms with E-state index in [0.717, 1.165) is 36.9 Å². The van der Waals surface area contributed by atoms with Gasteiger partial charge in [-0.15, -0.1) is 0 Å². The maximum absolute atomic E-state index is 12.9. The third-order valence-electron chi connectivity index (χ3n) is 5.60. The number of hydrogen-bond donors (Lipinski definition) is 2. The predicted molar refractivity (Wildman–Crippen MR) is 104 cm³/mol. The first kappa shape index (κ1) is 17.9. The molecule has 2 aromatic rings. The second-order valence-corrected chi connectivity index (χ2v) is 8.89. The minimum absolute atomic E-state index is 0.0287. The van der Waals surface area contributed by atoms with Crippen LogP contribution in [0.1, 0.15) is 36.8 Å². The van der Waals surface area contributed by atoms with Crippen molar-refractivity contribution in [2.24, 2.45) is 0 Å². The summed E-state index contributed by atoms with van der Waals surface area (Å²) in [7, 11) is -2.20. The number of anilines is 2. The van der Waals surface area contributed by atoms with Crippen LogP contribution in [0.4, 0.5) is 11.4 Å². The van der Waals surface area contributed by atoms with Gasteiger partial charge in [-0.2, -0.15) is 0 Å². The lowest BCUT2D eigenvalue weighted by Gasteiger charge is -2.21. The van der Waals surface area contributed by atoms with E-state index in [1.165, 1.54) is 6.07 Å². The summed E-state index contributed by atoms with van der Waals surface area (Å²) in [6.07, 6.45) is 3.63. The zero-order valence-electron chi connectivity index (χ0n) is 15.3. The molecule has 4 rings (SSSR count). The number of ether oxygens (including phenoxy) is 1. The lowest BCUT2D eigenvalue weighted by atomic mass is 9.80. The van der Waals surface area contributed by atoms with Gasteiger partial charge in [0.25, 0.3) is 10.0 Å². The van der Waals surface area contributed by atoms with E-state index in [-0.39, 0.29) is 10.8 Å². The van der Waals surface area contributed by atoms with Crippen molar-refractivity contribution in [3.63, 3.8) is 0 Å². The fourth-order valence-corrected chi connectivity index (χ4v) is 5.49.